The van der Waals surface area contributed by atoms with Crippen LogP contribution in [0.25, 0.3) is 0 Å². The molecule has 0 aromatic heterocycles. The van der Waals surface area contributed by atoms with Crippen molar-refractivity contribution in [1.82, 2.24) is 0 Å². The first-order chi connectivity index (χ1) is 10.7. The Balaban J connectivity index is 0.000000847. The molecule has 0 saturated heterocycles. The van der Waals surface area contributed by atoms with E-state index in [1.807, 2.05) is 0 Å². The average Bonchev–Trinajstić information content (AvgIpc) is 2.58. The molecule has 3 fully saturated rings. The highest BCUT2D eigenvalue weighted by Crippen LogP contribution is 2.45. The molecule has 0 aromatic rings. The van der Waals surface area contributed by atoms with Gasteiger partial charge in [0.2, 0.25) is 0 Å². The van der Waals surface area contributed by atoms with Crippen LogP contribution in [0.3, 0.4) is 0 Å². The van der Waals surface area contributed by atoms with E-state index in [1.54, 1.807) is 51.4 Å². The third-order valence-electron chi connectivity index (χ3n) is 7.27. The van der Waals surface area contributed by atoms with Gasteiger partial charge in [0, 0.05) is 0 Å². The van der Waals surface area contributed by atoms with Crippen molar-refractivity contribution in [3.05, 3.63) is 0 Å². The maximum atomic E-state index is 6.00. The second-order valence-corrected chi connectivity index (χ2v) is 8.71. The molecule has 3 saturated carbocycles. The van der Waals surface area contributed by atoms with Crippen LogP contribution in [0.2, 0.25) is 0 Å². The lowest BCUT2D eigenvalue weighted by Crippen LogP contribution is -2.29. The van der Waals surface area contributed by atoms with Crippen molar-refractivity contribution >= 4 is 0 Å². The number of hydrogen-bond donors (Lipinski definition) is 2. The average molecular weight is 311 g/mol. The molecule has 130 valence electrons. The molecule has 0 amide bonds. The van der Waals surface area contributed by atoms with E-state index >= 15 is 0 Å². The summed E-state index contributed by atoms with van der Waals surface area (Å²) in [4.78, 5) is 0. The van der Waals surface area contributed by atoms with E-state index in [2.05, 4.69) is 13.8 Å². The third-order valence-corrected chi connectivity index (χ3v) is 7.27. The van der Waals surface area contributed by atoms with Gasteiger partial charge in [-0.2, -0.15) is 0 Å². The van der Waals surface area contributed by atoms with Crippen LogP contribution in [0.1, 0.15) is 90.9 Å². The molecule has 0 aromatic carbocycles. The smallest absolute Gasteiger partial charge is 0.0386 e. The van der Waals surface area contributed by atoms with Crippen LogP contribution < -0.4 is 0 Å². The fourth-order valence-corrected chi connectivity index (χ4v) is 5.60. The predicted octanol–water partition coefficient (Wildman–Crippen LogP) is 6.46. The van der Waals surface area contributed by atoms with Crippen LogP contribution in [0, 0.1) is 35.5 Å². The molecule has 2 N–H and O–H groups in total. The highest BCUT2D eigenvalue weighted by Gasteiger charge is 2.33. The van der Waals surface area contributed by atoms with E-state index in [0.29, 0.717) is 0 Å². The van der Waals surface area contributed by atoms with E-state index in [4.69, 9.17) is 10.5 Å². The Kier molecular flexibility index (Phi) is 7.70. The molecular weight excluding hydrogens is 272 g/mol. The third kappa shape index (κ3) is 4.96. The summed E-state index contributed by atoms with van der Waals surface area (Å²) in [6.45, 7) is 4.91. The van der Waals surface area contributed by atoms with Crippen LogP contribution in [-0.2, 0) is 0 Å². The highest BCUT2D eigenvalue weighted by molar-refractivity contribution is 4.85. The Morgan fingerprint density at radius 3 is 0.818 bits per heavy atom. The van der Waals surface area contributed by atoms with E-state index in [-0.39, 0.29) is 0 Å². The molecule has 0 aliphatic heterocycles. The fraction of sp³-hybridized carbons (Fsp3) is 1.00. The van der Waals surface area contributed by atoms with Gasteiger partial charge in [-0.05, 0) is 86.9 Å². The zero-order valence-corrected chi connectivity index (χ0v) is 14.8. The Morgan fingerprint density at radius 2 is 0.591 bits per heavy atom. The van der Waals surface area contributed by atoms with E-state index in [1.165, 1.54) is 25.7 Å². The quantitative estimate of drug-likeness (QED) is 0.453. The summed E-state index contributed by atoms with van der Waals surface area (Å²) in [5, 5.41) is 12.0. The van der Waals surface area contributed by atoms with Gasteiger partial charge in [0.05, 0.1) is 0 Å². The van der Waals surface area contributed by atoms with E-state index < -0.39 is 0 Å². The second-order valence-electron chi connectivity index (χ2n) is 8.71. The first-order valence-electron chi connectivity index (χ1n) is 9.92. The molecule has 22 heavy (non-hydrogen) atoms. The summed E-state index contributed by atoms with van der Waals surface area (Å²) >= 11 is 0. The van der Waals surface area contributed by atoms with Crippen LogP contribution >= 0.6 is 0 Å². The summed E-state index contributed by atoms with van der Waals surface area (Å²) in [6, 6.07) is 0. The van der Waals surface area contributed by atoms with Crippen molar-refractivity contribution in [2.24, 2.45) is 35.5 Å². The van der Waals surface area contributed by atoms with Crippen molar-refractivity contribution in [2.75, 3.05) is 0 Å². The lowest BCUT2D eigenvalue weighted by Gasteiger charge is -2.41. The standard InChI is InChI=1S/C20H36.H2O2/c1-15-3-7-17(8-4-15)19-11-13-20(14-12-19)18-9-5-16(2)6-10-18;1-2/h15-20H,3-14H2,1-2H3;1-2H. The Labute approximate surface area is 137 Å². The molecule has 0 atom stereocenters. The SMILES string of the molecule is CC1CCC(C2CCC(C3CCC(C)CC3)CC2)CC1.OO. The first-order valence-corrected chi connectivity index (χ1v) is 9.92. The zero-order chi connectivity index (χ0) is 15.9. The van der Waals surface area contributed by atoms with E-state index in [9.17, 15) is 0 Å². The Hall–Kier alpha value is -0.0800. The number of rotatable bonds is 2. The van der Waals surface area contributed by atoms with Gasteiger partial charge in [0.25, 0.3) is 0 Å². The maximum Gasteiger partial charge on any atom is -0.0386 e. The summed E-state index contributed by atoms with van der Waals surface area (Å²) < 4.78 is 0. The molecule has 3 aliphatic rings. The van der Waals surface area contributed by atoms with E-state index in [0.717, 1.165) is 35.5 Å². The van der Waals surface area contributed by atoms with Gasteiger partial charge in [-0.15, -0.1) is 0 Å². The molecule has 0 radical (unpaired) electrons. The van der Waals surface area contributed by atoms with Crippen LogP contribution in [0.15, 0.2) is 0 Å². The van der Waals surface area contributed by atoms with Gasteiger partial charge in [-0.25, -0.2) is 0 Å². The number of hydrogen-bond acceptors (Lipinski definition) is 2. The lowest BCUT2D eigenvalue weighted by molar-refractivity contribution is -0.176. The minimum absolute atomic E-state index is 1.02. The maximum absolute atomic E-state index is 6.00. The van der Waals surface area contributed by atoms with Crippen molar-refractivity contribution in [3.63, 3.8) is 0 Å². The molecule has 3 rings (SSSR count). The van der Waals surface area contributed by atoms with Crippen molar-refractivity contribution in [1.29, 1.82) is 0 Å². The molecule has 2 heteroatoms. The summed E-state index contributed by atoms with van der Waals surface area (Å²) in [6.07, 6.45) is 18.6. The van der Waals surface area contributed by atoms with Gasteiger partial charge < -0.3 is 0 Å². The molecule has 2 nitrogen and oxygen atoms in total. The van der Waals surface area contributed by atoms with Crippen LogP contribution in [0.4, 0.5) is 0 Å². The summed E-state index contributed by atoms with van der Waals surface area (Å²) in [7, 11) is 0. The van der Waals surface area contributed by atoms with Gasteiger partial charge in [0.1, 0.15) is 0 Å². The van der Waals surface area contributed by atoms with Gasteiger partial charge in [-0.1, -0.05) is 39.5 Å². The Morgan fingerprint density at radius 1 is 0.409 bits per heavy atom. The topological polar surface area (TPSA) is 40.5 Å². The Bertz CT molecular complexity index is 250. The summed E-state index contributed by atoms with van der Waals surface area (Å²) in [5.41, 5.74) is 0. The lowest BCUT2D eigenvalue weighted by atomic mass is 9.65. The fourth-order valence-electron chi connectivity index (χ4n) is 5.60. The largest absolute Gasteiger partial charge is 0.255 e. The van der Waals surface area contributed by atoms with Crippen LogP contribution in [-0.4, -0.2) is 10.5 Å². The minimum Gasteiger partial charge on any atom is -0.255 e. The first kappa shape index (κ1) is 18.3. The predicted molar refractivity (Wildman–Crippen MR) is 92.9 cm³/mol. The van der Waals surface area contributed by atoms with Crippen LogP contribution in [0.5, 0.6) is 0 Å². The normalized spacial score (nSPS) is 43.1. The summed E-state index contributed by atoms with van der Waals surface area (Å²) in [5.74, 6) is 6.48. The zero-order valence-electron chi connectivity index (χ0n) is 14.8. The van der Waals surface area contributed by atoms with Gasteiger partial charge >= 0.3 is 0 Å². The van der Waals surface area contributed by atoms with Crippen molar-refractivity contribution in [3.8, 4) is 0 Å². The molecule has 0 bridgehead atoms. The molecule has 0 heterocycles. The minimum atomic E-state index is 1.02. The highest BCUT2D eigenvalue weighted by atomic mass is 17.0. The second kappa shape index (κ2) is 9.27. The van der Waals surface area contributed by atoms with Gasteiger partial charge in [0.15, 0.2) is 0 Å². The van der Waals surface area contributed by atoms with Gasteiger partial charge in [-0.3, -0.25) is 10.5 Å². The molecule has 3 aliphatic carbocycles. The van der Waals surface area contributed by atoms with Crippen molar-refractivity contribution < 1.29 is 10.5 Å². The molecule has 0 unspecified atom stereocenters. The monoisotopic (exact) mass is 310 g/mol. The van der Waals surface area contributed by atoms with Crippen molar-refractivity contribution in [2.45, 2.75) is 90.9 Å². The molecule has 0 spiro atoms. The molecular formula is C20H38O2.